The summed E-state index contributed by atoms with van der Waals surface area (Å²) in [5.41, 5.74) is 0.645. The van der Waals surface area contributed by atoms with Crippen LogP contribution in [0.15, 0.2) is 42.5 Å². The summed E-state index contributed by atoms with van der Waals surface area (Å²) in [5.74, 6) is -2.26. The molecule has 0 aromatic heterocycles. The quantitative estimate of drug-likeness (QED) is 0.884. The first-order valence-electron chi connectivity index (χ1n) is 8.20. The molecule has 0 saturated heterocycles. The van der Waals surface area contributed by atoms with Crippen molar-refractivity contribution in [2.45, 2.75) is 31.7 Å². The Kier molecular flexibility index (Phi) is 5.07. The predicted molar refractivity (Wildman–Crippen MR) is 90.5 cm³/mol. The predicted octanol–water partition coefficient (Wildman–Crippen LogP) is 3.89. The Labute approximate surface area is 144 Å². The maximum Gasteiger partial charge on any atom is 0.255 e. The molecular weight excluding hydrogens is 326 g/mol. The van der Waals surface area contributed by atoms with Crippen LogP contribution in [0.5, 0.6) is 0 Å². The SMILES string of the molecule is O=C(Nc1ccc(F)cc1F)c1ccc(C(=O)NC2CCCC2)cc1. The molecular formula is C19H18F2N2O2. The van der Waals surface area contributed by atoms with E-state index in [2.05, 4.69) is 10.6 Å². The third kappa shape index (κ3) is 4.21. The van der Waals surface area contributed by atoms with Crippen molar-refractivity contribution in [3.8, 4) is 0 Å². The molecule has 1 saturated carbocycles. The summed E-state index contributed by atoms with van der Waals surface area (Å²) < 4.78 is 26.5. The molecule has 0 spiro atoms. The first kappa shape index (κ1) is 17.1. The van der Waals surface area contributed by atoms with E-state index in [1.54, 1.807) is 12.1 Å². The van der Waals surface area contributed by atoms with Crippen molar-refractivity contribution in [3.05, 3.63) is 65.2 Å². The largest absolute Gasteiger partial charge is 0.349 e. The summed E-state index contributed by atoms with van der Waals surface area (Å²) in [4.78, 5) is 24.3. The Bertz CT molecular complexity index is 785. The fourth-order valence-electron chi connectivity index (χ4n) is 2.90. The molecule has 1 fully saturated rings. The molecule has 1 aliphatic carbocycles. The van der Waals surface area contributed by atoms with Gasteiger partial charge in [0.2, 0.25) is 0 Å². The molecule has 25 heavy (non-hydrogen) atoms. The highest BCUT2D eigenvalue weighted by Gasteiger charge is 2.18. The van der Waals surface area contributed by atoms with E-state index >= 15 is 0 Å². The lowest BCUT2D eigenvalue weighted by Gasteiger charge is -2.12. The molecule has 3 rings (SSSR count). The zero-order valence-corrected chi connectivity index (χ0v) is 13.5. The molecule has 0 aliphatic heterocycles. The van der Waals surface area contributed by atoms with Gasteiger partial charge in [-0.2, -0.15) is 0 Å². The van der Waals surface area contributed by atoms with Crippen molar-refractivity contribution < 1.29 is 18.4 Å². The fraction of sp³-hybridized carbons (Fsp3) is 0.263. The maximum absolute atomic E-state index is 13.6. The third-order valence-electron chi connectivity index (χ3n) is 4.28. The van der Waals surface area contributed by atoms with Gasteiger partial charge < -0.3 is 10.6 Å². The number of carbonyl (C=O) groups excluding carboxylic acids is 2. The van der Waals surface area contributed by atoms with Crippen LogP contribution in [-0.2, 0) is 0 Å². The number of hydrogen-bond acceptors (Lipinski definition) is 2. The average molecular weight is 344 g/mol. The molecule has 6 heteroatoms. The Morgan fingerprint density at radius 2 is 1.48 bits per heavy atom. The van der Waals surface area contributed by atoms with Crippen molar-refractivity contribution in [1.82, 2.24) is 5.32 Å². The third-order valence-corrected chi connectivity index (χ3v) is 4.28. The molecule has 0 atom stereocenters. The highest BCUT2D eigenvalue weighted by atomic mass is 19.1. The zero-order chi connectivity index (χ0) is 17.8. The molecule has 2 amide bonds. The maximum atomic E-state index is 13.6. The molecule has 130 valence electrons. The van der Waals surface area contributed by atoms with E-state index in [0.717, 1.165) is 37.8 Å². The van der Waals surface area contributed by atoms with Crippen LogP contribution in [0.4, 0.5) is 14.5 Å². The Balaban J connectivity index is 1.64. The lowest BCUT2D eigenvalue weighted by atomic mass is 10.1. The van der Waals surface area contributed by atoms with E-state index in [1.165, 1.54) is 12.1 Å². The molecule has 2 aromatic carbocycles. The standard InChI is InChI=1S/C19H18F2N2O2/c20-14-9-10-17(16(21)11-14)23-19(25)13-7-5-12(6-8-13)18(24)22-15-3-1-2-4-15/h5-11,15H,1-4H2,(H,22,24)(H,23,25). The van der Waals surface area contributed by atoms with Crippen LogP contribution in [0.25, 0.3) is 0 Å². The van der Waals surface area contributed by atoms with Gasteiger partial charge >= 0.3 is 0 Å². The van der Waals surface area contributed by atoms with Gasteiger partial charge in [0.1, 0.15) is 11.6 Å². The minimum absolute atomic E-state index is 0.102. The molecule has 2 aromatic rings. The van der Waals surface area contributed by atoms with Gasteiger partial charge in [-0.25, -0.2) is 8.78 Å². The van der Waals surface area contributed by atoms with Crippen molar-refractivity contribution in [3.63, 3.8) is 0 Å². The molecule has 4 nitrogen and oxygen atoms in total. The van der Waals surface area contributed by atoms with Crippen LogP contribution in [0.2, 0.25) is 0 Å². The second kappa shape index (κ2) is 7.42. The summed E-state index contributed by atoms with van der Waals surface area (Å²) in [5, 5.41) is 5.35. The number of hydrogen-bond donors (Lipinski definition) is 2. The van der Waals surface area contributed by atoms with E-state index < -0.39 is 17.5 Å². The lowest BCUT2D eigenvalue weighted by molar-refractivity contribution is 0.0936. The van der Waals surface area contributed by atoms with Crippen LogP contribution < -0.4 is 10.6 Å². The number of rotatable bonds is 4. The summed E-state index contributed by atoms with van der Waals surface area (Å²) in [6, 6.07) is 9.26. The number of nitrogens with one attached hydrogen (secondary N) is 2. The Morgan fingerprint density at radius 3 is 2.08 bits per heavy atom. The normalized spacial score (nSPS) is 14.3. The van der Waals surface area contributed by atoms with Gasteiger partial charge in [-0.05, 0) is 49.2 Å². The second-order valence-corrected chi connectivity index (χ2v) is 6.11. The highest BCUT2D eigenvalue weighted by Crippen LogP contribution is 2.19. The Morgan fingerprint density at radius 1 is 0.880 bits per heavy atom. The second-order valence-electron chi connectivity index (χ2n) is 6.11. The molecule has 0 radical (unpaired) electrons. The number of halogens is 2. The van der Waals surface area contributed by atoms with Gasteiger partial charge in [0.15, 0.2) is 0 Å². The topological polar surface area (TPSA) is 58.2 Å². The van der Waals surface area contributed by atoms with Gasteiger partial charge in [-0.1, -0.05) is 12.8 Å². The van der Waals surface area contributed by atoms with E-state index in [-0.39, 0.29) is 23.2 Å². The number of anilines is 1. The smallest absolute Gasteiger partial charge is 0.255 e. The molecule has 0 unspecified atom stereocenters. The summed E-state index contributed by atoms with van der Waals surface area (Å²) in [6.45, 7) is 0. The zero-order valence-electron chi connectivity index (χ0n) is 13.5. The molecule has 1 aliphatic rings. The van der Waals surface area contributed by atoms with Crippen molar-refractivity contribution >= 4 is 17.5 Å². The van der Waals surface area contributed by atoms with Crippen molar-refractivity contribution in [1.29, 1.82) is 0 Å². The molecule has 0 heterocycles. The number of carbonyl (C=O) groups is 2. The first-order valence-corrected chi connectivity index (χ1v) is 8.20. The minimum atomic E-state index is -0.846. The highest BCUT2D eigenvalue weighted by molar-refractivity contribution is 6.05. The van der Waals surface area contributed by atoms with E-state index in [4.69, 9.17) is 0 Å². The summed E-state index contributed by atoms with van der Waals surface area (Å²) in [7, 11) is 0. The van der Waals surface area contributed by atoms with Crippen LogP contribution >= 0.6 is 0 Å². The average Bonchev–Trinajstić information content (AvgIpc) is 3.10. The number of benzene rings is 2. The monoisotopic (exact) mass is 344 g/mol. The first-order chi connectivity index (χ1) is 12.0. The van der Waals surface area contributed by atoms with Gasteiger partial charge in [0.05, 0.1) is 5.69 Å². The van der Waals surface area contributed by atoms with Crippen molar-refractivity contribution in [2.75, 3.05) is 5.32 Å². The van der Waals surface area contributed by atoms with E-state index in [1.807, 2.05) is 0 Å². The van der Waals surface area contributed by atoms with E-state index in [0.29, 0.717) is 11.6 Å². The fourth-order valence-corrected chi connectivity index (χ4v) is 2.90. The van der Waals surface area contributed by atoms with Gasteiger partial charge in [-0.15, -0.1) is 0 Å². The molecule has 0 bridgehead atoms. The lowest BCUT2D eigenvalue weighted by Crippen LogP contribution is -2.32. The summed E-state index contributed by atoms with van der Waals surface area (Å²) in [6.07, 6.45) is 4.25. The number of amides is 2. The van der Waals surface area contributed by atoms with Gasteiger partial charge in [0, 0.05) is 23.2 Å². The van der Waals surface area contributed by atoms with Crippen LogP contribution in [0.3, 0.4) is 0 Å². The summed E-state index contributed by atoms with van der Waals surface area (Å²) >= 11 is 0. The van der Waals surface area contributed by atoms with E-state index in [9.17, 15) is 18.4 Å². The minimum Gasteiger partial charge on any atom is -0.349 e. The van der Waals surface area contributed by atoms with Crippen LogP contribution in [0.1, 0.15) is 46.4 Å². The van der Waals surface area contributed by atoms with Crippen molar-refractivity contribution in [2.24, 2.45) is 0 Å². The van der Waals surface area contributed by atoms with Crippen LogP contribution in [-0.4, -0.2) is 17.9 Å². The Hall–Kier alpha value is -2.76. The van der Waals surface area contributed by atoms with Crippen LogP contribution in [0, 0.1) is 11.6 Å². The molecule has 2 N–H and O–H groups in total. The van der Waals surface area contributed by atoms with Gasteiger partial charge in [-0.3, -0.25) is 9.59 Å². The van der Waals surface area contributed by atoms with Gasteiger partial charge in [0.25, 0.3) is 11.8 Å².